The lowest BCUT2D eigenvalue weighted by Crippen LogP contribution is -2.50. The van der Waals surface area contributed by atoms with E-state index in [1.807, 2.05) is 4.90 Å². The molecule has 8 heteroatoms. The summed E-state index contributed by atoms with van der Waals surface area (Å²) in [6.45, 7) is 3.83. The van der Waals surface area contributed by atoms with Crippen LogP contribution in [0.3, 0.4) is 0 Å². The first kappa shape index (κ1) is 15.4. The summed E-state index contributed by atoms with van der Waals surface area (Å²) in [6, 6.07) is -0.757. The van der Waals surface area contributed by atoms with Gasteiger partial charge in [-0.1, -0.05) is 0 Å². The molecule has 1 saturated heterocycles. The van der Waals surface area contributed by atoms with Gasteiger partial charge >= 0.3 is 5.97 Å². The van der Waals surface area contributed by atoms with Crippen LogP contribution in [0.5, 0.6) is 0 Å². The molecule has 0 aromatic carbocycles. The first-order valence-corrected chi connectivity index (χ1v) is 6.08. The topological polar surface area (TPSA) is 108 Å². The van der Waals surface area contributed by atoms with Crippen molar-refractivity contribution in [2.75, 3.05) is 39.4 Å². The lowest BCUT2D eigenvalue weighted by atomic mass is 10.3. The molecule has 0 bridgehead atoms. The van der Waals surface area contributed by atoms with E-state index in [1.54, 1.807) is 0 Å². The minimum absolute atomic E-state index is 0.208. The van der Waals surface area contributed by atoms with Crippen molar-refractivity contribution in [3.8, 4) is 0 Å². The number of amides is 2. The normalized spacial score (nSPS) is 17.5. The molecule has 8 nitrogen and oxygen atoms in total. The van der Waals surface area contributed by atoms with E-state index in [4.69, 9.17) is 9.84 Å². The van der Waals surface area contributed by atoms with Gasteiger partial charge in [-0.25, -0.2) is 0 Å². The number of carbonyl (C=O) groups excluding carboxylic acids is 2. The molecular formula is C11H19N3O5. The molecule has 1 heterocycles. The number of carboxylic acids is 1. The number of ether oxygens (including phenoxy) is 1. The van der Waals surface area contributed by atoms with Crippen LogP contribution in [0, 0.1) is 0 Å². The smallest absolute Gasteiger partial charge is 0.322 e. The third-order valence-corrected chi connectivity index (χ3v) is 2.66. The zero-order valence-corrected chi connectivity index (χ0v) is 10.8. The van der Waals surface area contributed by atoms with Gasteiger partial charge in [0.15, 0.2) is 0 Å². The van der Waals surface area contributed by atoms with Crippen molar-refractivity contribution in [2.24, 2.45) is 0 Å². The fraction of sp³-hybridized carbons (Fsp3) is 0.727. The molecule has 108 valence electrons. The minimum atomic E-state index is -1.12. The summed E-state index contributed by atoms with van der Waals surface area (Å²) in [7, 11) is 0. The third-order valence-electron chi connectivity index (χ3n) is 2.66. The Morgan fingerprint density at radius 2 is 1.95 bits per heavy atom. The van der Waals surface area contributed by atoms with E-state index in [0.717, 1.165) is 0 Å². The van der Waals surface area contributed by atoms with Gasteiger partial charge in [-0.05, 0) is 6.92 Å². The average molecular weight is 273 g/mol. The predicted octanol–water partition coefficient (Wildman–Crippen LogP) is -1.98. The fourth-order valence-corrected chi connectivity index (χ4v) is 1.63. The Hall–Kier alpha value is -1.67. The summed E-state index contributed by atoms with van der Waals surface area (Å²) in [5, 5.41) is 13.2. The van der Waals surface area contributed by atoms with Crippen molar-refractivity contribution < 1.29 is 24.2 Å². The molecule has 1 aliphatic rings. The monoisotopic (exact) mass is 273 g/mol. The zero-order chi connectivity index (χ0) is 14.3. The second-order valence-corrected chi connectivity index (χ2v) is 4.29. The number of nitrogens with zero attached hydrogens (tertiary/aromatic N) is 1. The summed E-state index contributed by atoms with van der Waals surface area (Å²) < 4.78 is 5.16. The van der Waals surface area contributed by atoms with Crippen molar-refractivity contribution in [3.05, 3.63) is 0 Å². The second-order valence-electron chi connectivity index (χ2n) is 4.29. The number of aliphatic carboxylic acids is 1. The van der Waals surface area contributed by atoms with Crippen LogP contribution in [0.1, 0.15) is 6.92 Å². The molecule has 1 unspecified atom stereocenters. The minimum Gasteiger partial charge on any atom is -0.480 e. The van der Waals surface area contributed by atoms with Crippen LogP contribution in [0.25, 0.3) is 0 Å². The number of rotatable bonds is 6. The molecule has 3 N–H and O–H groups in total. The van der Waals surface area contributed by atoms with Gasteiger partial charge in [0, 0.05) is 13.1 Å². The van der Waals surface area contributed by atoms with Crippen LogP contribution < -0.4 is 10.6 Å². The van der Waals surface area contributed by atoms with Crippen molar-refractivity contribution in [3.63, 3.8) is 0 Å². The molecule has 2 amide bonds. The van der Waals surface area contributed by atoms with E-state index in [1.165, 1.54) is 6.92 Å². The van der Waals surface area contributed by atoms with E-state index < -0.39 is 24.5 Å². The highest BCUT2D eigenvalue weighted by molar-refractivity contribution is 5.89. The molecular weight excluding hydrogens is 254 g/mol. The summed E-state index contributed by atoms with van der Waals surface area (Å²) in [4.78, 5) is 35.3. The molecule has 0 aromatic rings. The maximum Gasteiger partial charge on any atom is 0.322 e. The number of hydrogen-bond donors (Lipinski definition) is 3. The molecule has 0 spiro atoms. The standard InChI is InChI=1S/C11H19N3O5/c1-8(11(18)12-6-10(16)17)13-9(15)7-14-2-4-19-5-3-14/h8H,2-7H2,1H3,(H,12,18)(H,13,15)(H,16,17). The van der Waals surface area contributed by atoms with E-state index in [0.29, 0.717) is 26.3 Å². The van der Waals surface area contributed by atoms with E-state index in [9.17, 15) is 14.4 Å². The lowest BCUT2D eigenvalue weighted by molar-refractivity contribution is -0.138. The summed E-state index contributed by atoms with van der Waals surface area (Å²) in [6.07, 6.45) is 0. The number of nitrogens with one attached hydrogen (secondary N) is 2. The van der Waals surface area contributed by atoms with Crippen molar-refractivity contribution in [1.29, 1.82) is 0 Å². The van der Waals surface area contributed by atoms with Gasteiger partial charge in [0.1, 0.15) is 12.6 Å². The van der Waals surface area contributed by atoms with Gasteiger partial charge in [-0.3, -0.25) is 19.3 Å². The highest BCUT2D eigenvalue weighted by atomic mass is 16.5. The molecule has 0 radical (unpaired) electrons. The molecule has 0 aromatic heterocycles. The van der Waals surface area contributed by atoms with Crippen LogP contribution in [0.15, 0.2) is 0 Å². The molecule has 1 aliphatic heterocycles. The van der Waals surface area contributed by atoms with Gasteiger partial charge < -0.3 is 20.5 Å². The molecule has 0 saturated carbocycles. The van der Waals surface area contributed by atoms with Gasteiger partial charge in [0.05, 0.1) is 19.8 Å². The van der Waals surface area contributed by atoms with Gasteiger partial charge in [-0.2, -0.15) is 0 Å². The average Bonchev–Trinajstić information content (AvgIpc) is 2.36. The highest BCUT2D eigenvalue weighted by Crippen LogP contribution is 1.96. The van der Waals surface area contributed by atoms with Crippen LogP contribution in [-0.2, 0) is 19.1 Å². The molecule has 19 heavy (non-hydrogen) atoms. The van der Waals surface area contributed by atoms with Crippen LogP contribution in [0.4, 0.5) is 0 Å². The Bertz CT molecular complexity index is 341. The second kappa shape index (κ2) is 7.70. The van der Waals surface area contributed by atoms with Gasteiger partial charge in [0.25, 0.3) is 0 Å². The number of morpholine rings is 1. The van der Waals surface area contributed by atoms with Crippen LogP contribution in [0.2, 0.25) is 0 Å². The zero-order valence-electron chi connectivity index (χ0n) is 10.8. The molecule has 1 fully saturated rings. The fourth-order valence-electron chi connectivity index (χ4n) is 1.63. The Morgan fingerprint density at radius 3 is 2.53 bits per heavy atom. The first-order valence-electron chi connectivity index (χ1n) is 6.08. The molecule has 1 atom stereocenters. The van der Waals surface area contributed by atoms with Crippen LogP contribution in [-0.4, -0.2) is 73.2 Å². The van der Waals surface area contributed by atoms with Crippen molar-refractivity contribution >= 4 is 17.8 Å². The number of carboxylic acid groups (broad SMARTS) is 1. The Labute approximate surface area is 111 Å². The van der Waals surface area contributed by atoms with Crippen molar-refractivity contribution in [2.45, 2.75) is 13.0 Å². The lowest BCUT2D eigenvalue weighted by Gasteiger charge is -2.26. The molecule has 0 aliphatic carbocycles. The maximum absolute atomic E-state index is 11.7. The molecule has 1 rings (SSSR count). The van der Waals surface area contributed by atoms with Crippen LogP contribution >= 0.6 is 0 Å². The Balaban J connectivity index is 2.26. The summed E-state index contributed by atoms with van der Waals surface area (Å²) in [5.41, 5.74) is 0. The van der Waals surface area contributed by atoms with Gasteiger partial charge in [-0.15, -0.1) is 0 Å². The van der Waals surface area contributed by atoms with E-state index in [-0.39, 0.29) is 12.5 Å². The third kappa shape index (κ3) is 6.16. The van der Waals surface area contributed by atoms with E-state index >= 15 is 0 Å². The highest BCUT2D eigenvalue weighted by Gasteiger charge is 2.19. The Morgan fingerprint density at radius 1 is 1.32 bits per heavy atom. The quantitative estimate of drug-likeness (QED) is 0.518. The summed E-state index contributed by atoms with van der Waals surface area (Å²) >= 11 is 0. The maximum atomic E-state index is 11.7. The Kier molecular flexibility index (Phi) is 6.23. The first-order chi connectivity index (χ1) is 8.99. The van der Waals surface area contributed by atoms with E-state index in [2.05, 4.69) is 10.6 Å². The SMILES string of the molecule is CC(NC(=O)CN1CCOCC1)C(=O)NCC(=O)O. The van der Waals surface area contributed by atoms with Gasteiger partial charge in [0.2, 0.25) is 11.8 Å². The number of carbonyl (C=O) groups is 3. The number of hydrogen-bond acceptors (Lipinski definition) is 5. The summed E-state index contributed by atoms with van der Waals surface area (Å²) in [5.74, 6) is -1.90. The van der Waals surface area contributed by atoms with Crippen molar-refractivity contribution in [1.82, 2.24) is 15.5 Å². The largest absolute Gasteiger partial charge is 0.480 e. The predicted molar refractivity (Wildman–Crippen MR) is 65.5 cm³/mol.